The molecular formula is C8H13N2. The third-order valence-electron chi connectivity index (χ3n) is 1.30. The molecule has 0 bridgehead atoms. The molecule has 0 aliphatic rings. The van der Waals surface area contributed by atoms with Gasteiger partial charge in [0.25, 0.3) is 0 Å². The van der Waals surface area contributed by atoms with Crippen molar-refractivity contribution in [2.24, 2.45) is 5.92 Å². The number of aryl methyl sites for hydroxylation is 1. The molecule has 0 fully saturated rings. The minimum atomic E-state index is 0.677. The van der Waals surface area contributed by atoms with Crippen LogP contribution in [-0.2, 0) is 6.42 Å². The van der Waals surface area contributed by atoms with E-state index >= 15 is 0 Å². The Labute approximate surface area is 61.7 Å². The van der Waals surface area contributed by atoms with Gasteiger partial charge in [0.2, 0.25) is 0 Å². The number of aromatic nitrogens is 2. The standard InChI is InChI=1S/C8H13N2/c1-6(2)4-8-5-9-7(3)10-8/h6H,4H2,1-3H3,(H,9,10). The lowest BCUT2D eigenvalue weighted by atomic mass is 10.1. The van der Waals surface area contributed by atoms with Crippen molar-refractivity contribution in [2.75, 3.05) is 0 Å². The molecule has 0 spiro atoms. The van der Waals surface area contributed by atoms with Crippen molar-refractivity contribution in [3.05, 3.63) is 17.7 Å². The maximum absolute atomic E-state index is 3.99. The van der Waals surface area contributed by atoms with Crippen LogP contribution in [0.1, 0.15) is 25.4 Å². The molecule has 1 heterocycles. The molecule has 0 atom stereocenters. The maximum Gasteiger partial charge on any atom is 0.112 e. The van der Waals surface area contributed by atoms with E-state index in [1.54, 1.807) is 0 Å². The second-order valence-corrected chi connectivity index (χ2v) is 3.01. The minimum absolute atomic E-state index is 0.677. The van der Waals surface area contributed by atoms with Crippen LogP contribution < -0.4 is 0 Å². The van der Waals surface area contributed by atoms with Crippen LogP contribution in [0.15, 0.2) is 0 Å². The van der Waals surface area contributed by atoms with Gasteiger partial charge >= 0.3 is 0 Å². The van der Waals surface area contributed by atoms with Gasteiger partial charge in [0.05, 0.1) is 0 Å². The van der Waals surface area contributed by atoms with Crippen LogP contribution in [0.3, 0.4) is 0 Å². The Morgan fingerprint density at radius 3 is 2.70 bits per heavy atom. The van der Waals surface area contributed by atoms with E-state index in [0.29, 0.717) is 5.92 Å². The van der Waals surface area contributed by atoms with Gasteiger partial charge in [-0.2, -0.15) is 0 Å². The van der Waals surface area contributed by atoms with Crippen molar-refractivity contribution in [1.29, 1.82) is 0 Å². The Morgan fingerprint density at radius 2 is 2.30 bits per heavy atom. The number of hydrogen-bond acceptors (Lipinski definition) is 1. The molecule has 0 unspecified atom stereocenters. The molecule has 10 heavy (non-hydrogen) atoms. The summed E-state index contributed by atoms with van der Waals surface area (Å²) < 4.78 is 0. The zero-order valence-corrected chi connectivity index (χ0v) is 6.73. The molecule has 2 heteroatoms. The normalized spacial score (nSPS) is 10.8. The topological polar surface area (TPSA) is 28.7 Å². The Balaban J connectivity index is 2.58. The van der Waals surface area contributed by atoms with Crippen molar-refractivity contribution in [1.82, 2.24) is 9.97 Å². The monoisotopic (exact) mass is 137 g/mol. The lowest BCUT2D eigenvalue weighted by Gasteiger charge is -1.98. The molecular weight excluding hydrogens is 124 g/mol. The van der Waals surface area contributed by atoms with E-state index in [1.165, 1.54) is 0 Å². The van der Waals surface area contributed by atoms with Gasteiger partial charge in [-0.3, -0.25) is 0 Å². The fourth-order valence-corrected chi connectivity index (χ4v) is 0.931. The first-order valence-electron chi connectivity index (χ1n) is 3.61. The minimum Gasteiger partial charge on any atom is -0.346 e. The first-order valence-corrected chi connectivity index (χ1v) is 3.61. The first-order chi connectivity index (χ1) is 4.68. The maximum atomic E-state index is 3.99. The third kappa shape index (κ3) is 1.87. The van der Waals surface area contributed by atoms with Crippen molar-refractivity contribution in [2.45, 2.75) is 27.2 Å². The summed E-state index contributed by atoms with van der Waals surface area (Å²) in [4.78, 5) is 7.13. The molecule has 1 rings (SSSR count). The van der Waals surface area contributed by atoms with E-state index in [0.717, 1.165) is 17.9 Å². The van der Waals surface area contributed by atoms with Gasteiger partial charge in [-0.25, -0.2) is 4.98 Å². The Hall–Kier alpha value is -0.790. The van der Waals surface area contributed by atoms with E-state index in [9.17, 15) is 0 Å². The quantitative estimate of drug-likeness (QED) is 0.660. The van der Waals surface area contributed by atoms with Gasteiger partial charge in [0.1, 0.15) is 12.0 Å². The molecule has 1 aromatic heterocycles. The summed E-state index contributed by atoms with van der Waals surface area (Å²) in [5.74, 6) is 1.63. The number of rotatable bonds is 2. The number of nitrogens with zero attached hydrogens (tertiary/aromatic N) is 1. The highest BCUT2D eigenvalue weighted by Crippen LogP contribution is 2.03. The van der Waals surface area contributed by atoms with Crippen LogP contribution in [0, 0.1) is 19.0 Å². The van der Waals surface area contributed by atoms with Gasteiger partial charge in [-0.05, 0) is 19.3 Å². The number of nitrogens with one attached hydrogen (secondary N) is 1. The van der Waals surface area contributed by atoms with E-state index in [4.69, 9.17) is 0 Å². The van der Waals surface area contributed by atoms with Crippen LogP contribution in [-0.4, -0.2) is 9.97 Å². The molecule has 1 N–H and O–H groups in total. The summed E-state index contributed by atoms with van der Waals surface area (Å²) in [5, 5.41) is 0. The molecule has 0 amide bonds. The molecule has 0 saturated heterocycles. The highest BCUT2D eigenvalue weighted by molar-refractivity contribution is 4.98. The van der Waals surface area contributed by atoms with Crippen molar-refractivity contribution in [3.8, 4) is 0 Å². The van der Waals surface area contributed by atoms with Crippen molar-refractivity contribution < 1.29 is 0 Å². The van der Waals surface area contributed by atoms with Crippen LogP contribution in [0.2, 0.25) is 0 Å². The second kappa shape index (κ2) is 2.86. The van der Waals surface area contributed by atoms with E-state index in [2.05, 4.69) is 30.0 Å². The van der Waals surface area contributed by atoms with Gasteiger partial charge in [0.15, 0.2) is 0 Å². The molecule has 2 nitrogen and oxygen atoms in total. The lowest BCUT2D eigenvalue weighted by molar-refractivity contribution is 0.636. The smallest absolute Gasteiger partial charge is 0.112 e. The van der Waals surface area contributed by atoms with E-state index < -0.39 is 0 Å². The second-order valence-electron chi connectivity index (χ2n) is 3.01. The molecule has 55 valence electrons. The number of aromatic amines is 1. The van der Waals surface area contributed by atoms with Crippen LogP contribution in [0.4, 0.5) is 0 Å². The molecule has 0 aliphatic carbocycles. The molecule has 1 aromatic rings. The third-order valence-corrected chi connectivity index (χ3v) is 1.30. The molecule has 0 aromatic carbocycles. The van der Waals surface area contributed by atoms with Gasteiger partial charge in [-0.15, -0.1) is 0 Å². The molecule has 1 radical (unpaired) electrons. The predicted octanol–water partition coefficient (Wildman–Crippen LogP) is 1.72. The SMILES string of the molecule is Cc1n[c]c(CC(C)C)[nH]1. The Morgan fingerprint density at radius 1 is 1.60 bits per heavy atom. The van der Waals surface area contributed by atoms with Crippen LogP contribution in [0.5, 0.6) is 0 Å². The average Bonchev–Trinajstić information content (AvgIpc) is 2.13. The summed E-state index contributed by atoms with van der Waals surface area (Å²) in [6.45, 7) is 6.31. The average molecular weight is 137 g/mol. The van der Waals surface area contributed by atoms with Crippen LogP contribution >= 0.6 is 0 Å². The summed E-state index contributed by atoms with van der Waals surface area (Å²) in [5.41, 5.74) is 1.12. The highest BCUT2D eigenvalue weighted by Gasteiger charge is 1.99. The summed E-state index contributed by atoms with van der Waals surface area (Å²) in [6, 6.07) is 0. The lowest BCUT2D eigenvalue weighted by Crippen LogP contribution is -1.93. The highest BCUT2D eigenvalue weighted by atomic mass is 14.9. The zero-order valence-electron chi connectivity index (χ0n) is 6.73. The Bertz CT molecular complexity index is 201. The van der Waals surface area contributed by atoms with Gasteiger partial charge in [0, 0.05) is 5.69 Å². The van der Waals surface area contributed by atoms with Crippen LogP contribution in [0.25, 0.3) is 0 Å². The number of H-pyrrole nitrogens is 1. The fraction of sp³-hybridized carbons (Fsp3) is 0.625. The summed E-state index contributed by atoms with van der Waals surface area (Å²) in [6.07, 6.45) is 3.97. The summed E-state index contributed by atoms with van der Waals surface area (Å²) in [7, 11) is 0. The summed E-state index contributed by atoms with van der Waals surface area (Å²) >= 11 is 0. The molecule has 0 saturated carbocycles. The predicted molar refractivity (Wildman–Crippen MR) is 40.7 cm³/mol. The van der Waals surface area contributed by atoms with E-state index in [1.807, 2.05) is 6.92 Å². The van der Waals surface area contributed by atoms with E-state index in [-0.39, 0.29) is 0 Å². The van der Waals surface area contributed by atoms with Gasteiger partial charge < -0.3 is 4.98 Å². The number of hydrogen-bond donors (Lipinski definition) is 1. The zero-order chi connectivity index (χ0) is 7.56. The Kier molecular flexibility index (Phi) is 2.10. The van der Waals surface area contributed by atoms with Gasteiger partial charge in [-0.1, -0.05) is 13.8 Å². The largest absolute Gasteiger partial charge is 0.346 e. The van der Waals surface area contributed by atoms with Crippen molar-refractivity contribution >= 4 is 0 Å². The fourth-order valence-electron chi connectivity index (χ4n) is 0.931. The van der Waals surface area contributed by atoms with Crippen molar-refractivity contribution in [3.63, 3.8) is 0 Å². The number of imidazole rings is 1. The first kappa shape index (κ1) is 7.32. The molecule has 0 aliphatic heterocycles.